The molecule has 1 unspecified atom stereocenters. The zero-order valence-electron chi connectivity index (χ0n) is 11.5. The number of aliphatic hydroxyl groups excluding tert-OH is 1. The summed E-state index contributed by atoms with van der Waals surface area (Å²) < 4.78 is 27.4. The summed E-state index contributed by atoms with van der Waals surface area (Å²) in [6, 6.07) is 4.38. The molecule has 2 N–H and O–H groups in total. The van der Waals surface area contributed by atoms with Crippen LogP contribution in [0, 0.1) is 5.92 Å². The van der Waals surface area contributed by atoms with Gasteiger partial charge in [-0.15, -0.1) is 0 Å². The van der Waals surface area contributed by atoms with Crippen molar-refractivity contribution in [3.8, 4) is 0 Å². The highest BCUT2D eigenvalue weighted by Crippen LogP contribution is 2.34. The van der Waals surface area contributed by atoms with Gasteiger partial charge in [0.1, 0.15) is 0 Å². The van der Waals surface area contributed by atoms with Gasteiger partial charge in [-0.05, 0) is 36.5 Å². The lowest BCUT2D eigenvalue weighted by Crippen LogP contribution is -2.34. The van der Waals surface area contributed by atoms with E-state index in [1.165, 1.54) is 25.0 Å². The van der Waals surface area contributed by atoms with Gasteiger partial charge in [0.05, 0.1) is 11.5 Å². The Labute approximate surface area is 125 Å². The summed E-state index contributed by atoms with van der Waals surface area (Å²) >= 11 is 5.95. The average Bonchev–Trinajstić information content (AvgIpc) is 3.21. The molecule has 1 aromatic rings. The Morgan fingerprint density at radius 1 is 1.45 bits per heavy atom. The van der Waals surface area contributed by atoms with Crippen molar-refractivity contribution in [1.29, 1.82) is 0 Å². The lowest BCUT2D eigenvalue weighted by atomic mass is 10.1. The molecule has 6 heteroatoms. The third kappa shape index (κ3) is 3.95. The largest absolute Gasteiger partial charge is 0.392 e. The molecular formula is C14H20ClNO3S. The van der Waals surface area contributed by atoms with E-state index in [0.29, 0.717) is 11.5 Å². The molecule has 1 aliphatic rings. The molecule has 0 aromatic heterocycles. The van der Waals surface area contributed by atoms with Crippen LogP contribution in [-0.2, 0) is 16.6 Å². The summed E-state index contributed by atoms with van der Waals surface area (Å²) in [7, 11) is -3.55. The number of rotatable bonds is 7. The molecule has 112 valence electrons. The predicted molar refractivity (Wildman–Crippen MR) is 79.1 cm³/mol. The summed E-state index contributed by atoms with van der Waals surface area (Å²) in [6.45, 7) is 1.78. The Hall–Kier alpha value is -0.620. The molecule has 1 saturated carbocycles. The first-order valence-electron chi connectivity index (χ1n) is 6.88. The zero-order valence-corrected chi connectivity index (χ0v) is 13.0. The maximum absolute atomic E-state index is 12.3. The Kier molecular flexibility index (Phi) is 5.07. The summed E-state index contributed by atoms with van der Waals surface area (Å²) in [5.41, 5.74) is 0.524. The first kappa shape index (κ1) is 15.8. The molecule has 0 heterocycles. The highest BCUT2D eigenvalue weighted by molar-refractivity contribution is 7.89. The van der Waals surface area contributed by atoms with Gasteiger partial charge in [-0.3, -0.25) is 0 Å². The standard InChI is InChI=1S/C14H20ClNO3S/c1-2-12(7-10-3-4-10)16-20(18,19)13-6-5-11(9-17)14(15)8-13/h5-6,8,10,12,16-17H,2-4,7,9H2,1H3. The Morgan fingerprint density at radius 3 is 2.65 bits per heavy atom. The summed E-state index contributed by atoms with van der Waals surface area (Å²) in [5, 5.41) is 9.32. The van der Waals surface area contributed by atoms with Crippen LogP contribution in [0.1, 0.15) is 38.2 Å². The van der Waals surface area contributed by atoms with Crippen LogP contribution in [0.2, 0.25) is 5.02 Å². The average molecular weight is 318 g/mol. The molecule has 0 amide bonds. The Balaban J connectivity index is 2.13. The summed E-state index contributed by atoms with van der Waals surface area (Å²) in [6.07, 6.45) is 4.08. The second-order valence-electron chi connectivity index (χ2n) is 5.32. The molecular weight excluding hydrogens is 298 g/mol. The van der Waals surface area contributed by atoms with Crippen molar-refractivity contribution >= 4 is 21.6 Å². The van der Waals surface area contributed by atoms with Crippen molar-refractivity contribution in [3.63, 3.8) is 0 Å². The first-order chi connectivity index (χ1) is 9.46. The Morgan fingerprint density at radius 2 is 2.15 bits per heavy atom. The van der Waals surface area contributed by atoms with Gasteiger partial charge in [0.25, 0.3) is 0 Å². The van der Waals surface area contributed by atoms with Crippen LogP contribution in [0.3, 0.4) is 0 Å². The van der Waals surface area contributed by atoms with Gasteiger partial charge in [0.2, 0.25) is 10.0 Å². The monoisotopic (exact) mass is 317 g/mol. The van der Waals surface area contributed by atoms with Crippen LogP contribution in [-0.4, -0.2) is 19.6 Å². The van der Waals surface area contributed by atoms with Gasteiger partial charge < -0.3 is 5.11 Å². The lowest BCUT2D eigenvalue weighted by molar-refractivity contribution is 0.282. The van der Waals surface area contributed by atoms with E-state index in [1.54, 1.807) is 6.07 Å². The van der Waals surface area contributed by atoms with Crippen LogP contribution < -0.4 is 4.72 Å². The third-order valence-corrected chi connectivity index (χ3v) is 5.50. The van der Waals surface area contributed by atoms with Gasteiger partial charge in [-0.25, -0.2) is 13.1 Å². The number of halogens is 1. The van der Waals surface area contributed by atoms with Crippen molar-refractivity contribution in [1.82, 2.24) is 4.72 Å². The predicted octanol–water partition coefficient (Wildman–Crippen LogP) is 2.69. The number of sulfonamides is 1. The molecule has 0 radical (unpaired) electrons. The molecule has 1 atom stereocenters. The van der Waals surface area contributed by atoms with Crippen molar-refractivity contribution in [3.05, 3.63) is 28.8 Å². The minimum absolute atomic E-state index is 0.0243. The van der Waals surface area contributed by atoms with Crippen LogP contribution in [0.4, 0.5) is 0 Å². The van der Waals surface area contributed by atoms with Gasteiger partial charge in [-0.1, -0.05) is 37.4 Å². The van der Waals surface area contributed by atoms with E-state index in [0.717, 1.165) is 12.8 Å². The van der Waals surface area contributed by atoms with E-state index in [9.17, 15) is 8.42 Å². The van der Waals surface area contributed by atoms with E-state index in [2.05, 4.69) is 4.72 Å². The van der Waals surface area contributed by atoms with Crippen LogP contribution in [0.5, 0.6) is 0 Å². The maximum atomic E-state index is 12.3. The Bertz CT molecular complexity index is 570. The lowest BCUT2D eigenvalue weighted by Gasteiger charge is -2.17. The second kappa shape index (κ2) is 6.43. The second-order valence-corrected chi connectivity index (χ2v) is 7.44. The highest BCUT2D eigenvalue weighted by Gasteiger charge is 2.27. The summed E-state index contributed by atoms with van der Waals surface area (Å²) in [4.78, 5) is 0.147. The fourth-order valence-corrected chi connectivity index (χ4v) is 3.83. The quantitative estimate of drug-likeness (QED) is 0.812. The minimum Gasteiger partial charge on any atom is -0.392 e. The number of nitrogens with one attached hydrogen (secondary N) is 1. The van der Waals surface area contributed by atoms with Crippen LogP contribution in [0.25, 0.3) is 0 Å². The van der Waals surface area contributed by atoms with Crippen LogP contribution >= 0.6 is 11.6 Å². The van der Waals surface area contributed by atoms with Crippen LogP contribution in [0.15, 0.2) is 23.1 Å². The van der Waals surface area contributed by atoms with E-state index < -0.39 is 10.0 Å². The fraction of sp³-hybridized carbons (Fsp3) is 0.571. The fourth-order valence-electron chi connectivity index (χ4n) is 2.16. The molecule has 0 saturated heterocycles. The molecule has 0 aliphatic heterocycles. The van der Waals surface area contributed by atoms with Crippen molar-refractivity contribution < 1.29 is 13.5 Å². The minimum atomic E-state index is -3.55. The van der Waals surface area contributed by atoms with Crippen molar-refractivity contribution in [2.75, 3.05) is 0 Å². The maximum Gasteiger partial charge on any atom is 0.240 e. The third-order valence-electron chi connectivity index (χ3n) is 3.63. The van der Waals surface area contributed by atoms with Gasteiger partial charge in [0.15, 0.2) is 0 Å². The van der Waals surface area contributed by atoms with Crippen molar-refractivity contribution in [2.45, 2.75) is 50.2 Å². The van der Waals surface area contributed by atoms with E-state index in [-0.39, 0.29) is 22.6 Å². The topological polar surface area (TPSA) is 66.4 Å². The first-order valence-corrected chi connectivity index (χ1v) is 8.74. The molecule has 1 fully saturated rings. The number of benzene rings is 1. The molecule has 1 aliphatic carbocycles. The molecule has 2 rings (SSSR count). The highest BCUT2D eigenvalue weighted by atomic mass is 35.5. The SMILES string of the molecule is CCC(CC1CC1)NS(=O)(=O)c1ccc(CO)c(Cl)c1. The normalized spacial score (nSPS) is 17.1. The number of hydrogen-bond acceptors (Lipinski definition) is 3. The molecule has 20 heavy (non-hydrogen) atoms. The van der Waals surface area contributed by atoms with Gasteiger partial charge in [-0.2, -0.15) is 0 Å². The summed E-state index contributed by atoms with van der Waals surface area (Å²) in [5.74, 6) is 0.669. The van der Waals surface area contributed by atoms with Gasteiger partial charge >= 0.3 is 0 Å². The molecule has 1 aromatic carbocycles. The zero-order chi connectivity index (χ0) is 14.8. The smallest absolute Gasteiger partial charge is 0.240 e. The molecule has 0 spiro atoms. The molecule has 4 nitrogen and oxygen atoms in total. The molecule has 0 bridgehead atoms. The van der Waals surface area contributed by atoms with E-state index in [1.807, 2.05) is 6.92 Å². The van der Waals surface area contributed by atoms with E-state index in [4.69, 9.17) is 16.7 Å². The van der Waals surface area contributed by atoms with Gasteiger partial charge in [0, 0.05) is 11.1 Å². The number of aliphatic hydroxyl groups is 1. The number of hydrogen-bond donors (Lipinski definition) is 2. The van der Waals surface area contributed by atoms with Crippen molar-refractivity contribution in [2.24, 2.45) is 5.92 Å². The van der Waals surface area contributed by atoms with E-state index >= 15 is 0 Å².